The molecule has 1 atom stereocenters. The van der Waals surface area contributed by atoms with Crippen molar-refractivity contribution in [3.63, 3.8) is 0 Å². The second kappa shape index (κ2) is 14.8. The third kappa shape index (κ3) is 9.16. The number of carbonyl (C=O) groups excluding carboxylic acids is 4. The van der Waals surface area contributed by atoms with Gasteiger partial charge >= 0.3 is 6.09 Å². The Labute approximate surface area is 252 Å². The van der Waals surface area contributed by atoms with Gasteiger partial charge in [-0.15, -0.1) is 0 Å². The topological polar surface area (TPSA) is 96.0 Å². The SMILES string of the molecule is CNC(=O)C(CCC=O)N(C)Cc1c(C#CCC(C)(C)C(C)(C)C2CCN(C(=O)OC(C)(C)C)CC2)cccc1C=O. The monoisotopic (exact) mass is 581 g/mol. The van der Waals surface area contributed by atoms with Crippen LogP contribution >= 0.6 is 0 Å². The Hall–Kier alpha value is -3.18. The minimum atomic E-state index is -0.503. The van der Waals surface area contributed by atoms with Gasteiger partial charge in [-0.25, -0.2) is 4.79 Å². The number of nitrogens with one attached hydrogen (secondary N) is 1. The van der Waals surface area contributed by atoms with Crippen molar-refractivity contribution >= 4 is 24.6 Å². The van der Waals surface area contributed by atoms with Crippen molar-refractivity contribution in [1.82, 2.24) is 15.1 Å². The number of nitrogens with zero attached hydrogens (tertiary/aromatic N) is 2. The van der Waals surface area contributed by atoms with Crippen LogP contribution in [0.25, 0.3) is 0 Å². The van der Waals surface area contributed by atoms with E-state index < -0.39 is 11.6 Å². The summed E-state index contributed by atoms with van der Waals surface area (Å²) in [5, 5.41) is 2.67. The molecule has 1 aliphatic heterocycles. The number of ether oxygens (including phenoxy) is 1. The van der Waals surface area contributed by atoms with Crippen molar-refractivity contribution in [1.29, 1.82) is 0 Å². The van der Waals surface area contributed by atoms with Crippen molar-refractivity contribution in [3.05, 3.63) is 34.9 Å². The van der Waals surface area contributed by atoms with Crippen LogP contribution in [0.2, 0.25) is 0 Å². The lowest BCUT2D eigenvalue weighted by Crippen LogP contribution is -2.47. The van der Waals surface area contributed by atoms with E-state index >= 15 is 0 Å². The smallest absolute Gasteiger partial charge is 0.410 e. The summed E-state index contributed by atoms with van der Waals surface area (Å²) >= 11 is 0. The fraction of sp³-hybridized carbons (Fsp3) is 0.647. The number of rotatable bonds is 11. The molecule has 1 aliphatic rings. The first-order valence-corrected chi connectivity index (χ1v) is 15.0. The van der Waals surface area contributed by atoms with E-state index in [4.69, 9.17) is 4.74 Å². The number of aldehydes is 2. The molecule has 8 heteroatoms. The number of likely N-dealkylation sites (N-methyl/N-ethyl adjacent to an activating group) is 2. The second-order valence-electron chi connectivity index (χ2n) is 13.6. The van der Waals surface area contributed by atoms with Gasteiger partial charge in [0.05, 0.1) is 6.04 Å². The first-order valence-electron chi connectivity index (χ1n) is 15.0. The lowest BCUT2D eigenvalue weighted by atomic mass is 9.58. The molecule has 232 valence electrons. The Morgan fingerprint density at radius 1 is 1.12 bits per heavy atom. The van der Waals surface area contributed by atoms with E-state index in [0.717, 1.165) is 36.5 Å². The van der Waals surface area contributed by atoms with Crippen LogP contribution in [0.15, 0.2) is 18.2 Å². The maximum Gasteiger partial charge on any atom is 0.410 e. The third-order valence-corrected chi connectivity index (χ3v) is 9.05. The van der Waals surface area contributed by atoms with Crippen LogP contribution in [-0.4, -0.2) is 73.2 Å². The maximum atomic E-state index is 12.5. The maximum absolute atomic E-state index is 12.5. The Morgan fingerprint density at radius 3 is 2.31 bits per heavy atom. The molecule has 42 heavy (non-hydrogen) atoms. The standard InChI is InChI=1S/C34H51N3O5/c1-32(2,3)42-31(41)37-20-17-27(18-21-37)34(6,7)33(4,5)19-11-15-25-13-10-14-26(24-39)28(25)23-36(9)29(16-12-22-38)30(40)35-8/h10,13-14,22,24,27,29H,12,16-21,23H2,1-9H3,(H,35,40). The van der Waals surface area contributed by atoms with Gasteiger partial charge in [0.1, 0.15) is 18.2 Å². The Balaban J connectivity index is 2.19. The number of hydrogen-bond acceptors (Lipinski definition) is 6. The Morgan fingerprint density at radius 2 is 1.76 bits per heavy atom. The van der Waals surface area contributed by atoms with Gasteiger partial charge in [0.25, 0.3) is 0 Å². The average Bonchev–Trinajstić information content (AvgIpc) is 2.92. The van der Waals surface area contributed by atoms with Crippen LogP contribution in [-0.2, 0) is 20.9 Å². The van der Waals surface area contributed by atoms with E-state index in [-0.39, 0.29) is 29.3 Å². The number of carbonyl (C=O) groups is 4. The summed E-state index contributed by atoms with van der Waals surface area (Å²) in [5.74, 6) is 7.00. The number of likely N-dealkylation sites (tertiary alicyclic amines) is 1. The molecule has 0 aromatic heterocycles. The molecule has 0 bridgehead atoms. The van der Waals surface area contributed by atoms with Gasteiger partial charge in [-0.3, -0.25) is 14.5 Å². The zero-order valence-electron chi connectivity index (χ0n) is 27.1. The van der Waals surface area contributed by atoms with Gasteiger partial charge in [0.15, 0.2) is 0 Å². The zero-order chi connectivity index (χ0) is 31.7. The van der Waals surface area contributed by atoms with Crippen molar-refractivity contribution in [2.24, 2.45) is 16.7 Å². The molecule has 1 N–H and O–H groups in total. The van der Waals surface area contributed by atoms with E-state index in [1.807, 2.05) is 49.8 Å². The van der Waals surface area contributed by atoms with Crippen LogP contribution < -0.4 is 5.32 Å². The van der Waals surface area contributed by atoms with Crippen molar-refractivity contribution in [3.8, 4) is 11.8 Å². The molecule has 1 saturated heterocycles. The largest absolute Gasteiger partial charge is 0.444 e. The van der Waals surface area contributed by atoms with E-state index in [1.54, 1.807) is 13.1 Å². The fourth-order valence-corrected chi connectivity index (χ4v) is 5.56. The van der Waals surface area contributed by atoms with E-state index in [9.17, 15) is 19.2 Å². The molecule has 1 aromatic rings. The molecule has 0 saturated carbocycles. The Bertz CT molecular complexity index is 1160. The van der Waals surface area contributed by atoms with Crippen LogP contribution in [0.5, 0.6) is 0 Å². The van der Waals surface area contributed by atoms with Gasteiger partial charge in [-0.2, -0.15) is 0 Å². The first-order chi connectivity index (χ1) is 19.6. The Kier molecular flexibility index (Phi) is 12.4. The first kappa shape index (κ1) is 35.0. The number of hydrogen-bond donors (Lipinski definition) is 1. The summed E-state index contributed by atoms with van der Waals surface area (Å²) in [6, 6.07) is 5.00. The van der Waals surface area contributed by atoms with Crippen LogP contribution in [0.4, 0.5) is 4.79 Å². The molecule has 1 fully saturated rings. The van der Waals surface area contributed by atoms with Gasteiger partial charge in [0, 0.05) is 50.7 Å². The molecule has 0 aliphatic carbocycles. The summed E-state index contributed by atoms with van der Waals surface area (Å²) < 4.78 is 5.57. The molecule has 0 radical (unpaired) electrons. The van der Waals surface area contributed by atoms with Gasteiger partial charge in [0.2, 0.25) is 5.91 Å². The van der Waals surface area contributed by atoms with Crippen LogP contribution in [0.1, 0.15) is 102 Å². The highest BCUT2D eigenvalue weighted by Gasteiger charge is 2.44. The van der Waals surface area contributed by atoms with Crippen molar-refractivity contribution in [2.75, 3.05) is 27.2 Å². The molecule has 1 unspecified atom stereocenters. The molecule has 1 heterocycles. The van der Waals surface area contributed by atoms with Gasteiger partial charge in [-0.05, 0) is 75.5 Å². The normalized spacial score (nSPS) is 15.4. The molecule has 8 nitrogen and oxygen atoms in total. The van der Waals surface area contributed by atoms with E-state index in [2.05, 4.69) is 44.9 Å². The molecular weight excluding hydrogens is 530 g/mol. The summed E-state index contributed by atoms with van der Waals surface area (Å²) in [6.45, 7) is 16.5. The summed E-state index contributed by atoms with van der Waals surface area (Å²) in [7, 11) is 3.40. The van der Waals surface area contributed by atoms with E-state index in [0.29, 0.717) is 44.0 Å². The van der Waals surface area contributed by atoms with Crippen molar-refractivity contribution in [2.45, 2.75) is 98.8 Å². The molecule has 0 spiro atoms. The number of amides is 2. The molecule has 2 amide bonds. The quantitative estimate of drug-likeness (QED) is 0.275. The predicted octanol–water partition coefficient (Wildman–Crippen LogP) is 5.47. The minimum absolute atomic E-state index is 0.0330. The van der Waals surface area contributed by atoms with E-state index in [1.165, 1.54) is 0 Å². The third-order valence-electron chi connectivity index (χ3n) is 9.05. The van der Waals surface area contributed by atoms with Gasteiger partial charge in [-0.1, -0.05) is 51.7 Å². The predicted molar refractivity (Wildman–Crippen MR) is 166 cm³/mol. The number of benzene rings is 1. The lowest BCUT2D eigenvalue weighted by Gasteiger charge is -2.49. The molecule has 1 aromatic carbocycles. The highest BCUT2D eigenvalue weighted by atomic mass is 16.6. The summed E-state index contributed by atoms with van der Waals surface area (Å²) in [6.07, 6.45) is 4.55. The highest BCUT2D eigenvalue weighted by molar-refractivity contribution is 5.82. The van der Waals surface area contributed by atoms with Crippen LogP contribution in [0, 0.1) is 28.6 Å². The average molecular weight is 582 g/mol. The number of piperidine rings is 1. The van der Waals surface area contributed by atoms with Crippen LogP contribution in [0.3, 0.4) is 0 Å². The lowest BCUT2D eigenvalue weighted by molar-refractivity contribution is -0.126. The molecular formula is C34H51N3O5. The summed E-state index contributed by atoms with van der Waals surface area (Å²) in [5.41, 5.74) is 1.42. The van der Waals surface area contributed by atoms with Gasteiger partial charge < -0.3 is 19.7 Å². The second-order valence-corrected chi connectivity index (χ2v) is 13.6. The minimum Gasteiger partial charge on any atom is -0.444 e. The van der Waals surface area contributed by atoms with Crippen molar-refractivity contribution < 1.29 is 23.9 Å². The highest BCUT2D eigenvalue weighted by Crippen LogP contribution is 2.50. The molecule has 2 rings (SSSR count). The zero-order valence-corrected chi connectivity index (χ0v) is 27.1. The fourth-order valence-electron chi connectivity index (χ4n) is 5.56. The summed E-state index contributed by atoms with van der Waals surface area (Å²) in [4.78, 5) is 51.7.